The summed E-state index contributed by atoms with van der Waals surface area (Å²) in [5.41, 5.74) is 0.725. The van der Waals surface area contributed by atoms with Crippen LogP contribution in [0.5, 0.6) is 0 Å². The average Bonchev–Trinajstić information content (AvgIpc) is 2.47. The van der Waals surface area contributed by atoms with Crippen LogP contribution in [0, 0.1) is 0 Å². The molecule has 1 saturated heterocycles. The van der Waals surface area contributed by atoms with Crippen molar-refractivity contribution in [3.8, 4) is 0 Å². The van der Waals surface area contributed by atoms with Gasteiger partial charge in [-0.3, -0.25) is 9.59 Å². The number of hydrogen-bond acceptors (Lipinski definition) is 3. The Kier molecular flexibility index (Phi) is 4.76. The van der Waals surface area contributed by atoms with Crippen molar-refractivity contribution in [3.05, 3.63) is 35.9 Å². The van der Waals surface area contributed by atoms with Gasteiger partial charge >= 0.3 is 12.0 Å². The second-order valence-corrected chi connectivity index (χ2v) is 4.67. The van der Waals surface area contributed by atoms with Gasteiger partial charge in [0.15, 0.2) is 0 Å². The van der Waals surface area contributed by atoms with E-state index in [1.165, 1.54) is 4.90 Å². The number of carbonyl (C=O) groups is 3. The zero-order valence-electron chi connectivity index (χ0n) is 11.4. The molecule has 1 aromatic rings. The predicted molar refractivity (Wildman–Crippen MR) is 74.6 cm³/mol. The molecule has 3 amide bonds. The topological polar surface area (TPSA) is 98.7 Å². The Hall–Kier alpha value is -2.57. The van der Waals surface area contributed by atoms with Crippen LogP contribution in [-0.2, 0) is 9.59 Å². The molecule has 7 nitrogen and oxygen atoms in total. The third kappa shape index (κ3) is 3.71. The van der Waals surface area contributed by atoms with Crippen molar-refractivity contribution >= 4 is 17.9 Å². The summed E-state index contributed by atoms with van der Waals surface area (Å²) in [7, 11) is 0. The summed E-state index contributed by atoms with van der Waals surface area (Å²) < 4.78 is 0. The van der Waals surface area contributed by atoms with Crippen molar-refractivity contribution in [1.82, 2.24) is 15.5 Å². The number of amides is 3. The second kappa shape index (κ2) is 6.74. The lowest BCUT2D eigenvalue weighted by Gasteiger charge is -2.35. The van der Waals surface area contributed by atoms with Gasteiger partial charge in [0.1, 0.15) is 6.04 Å². The van der Waals surface area contributed by atoms with E-state index < -0.39 is 18.0 Å². The highest BCUT2D eigenvalue weighted by Gasteiger charge is 2.34. The number of aliphatic carboxylic acids is 1. The Balaban J connectivity index is 2.09. The Labute approximate surface area is 121 Å². The van der Waals surface area contributed by atoms with Crippen LogP contribution < -0.4 is 10.6 Å². The maximum atomic E-state index is 12.2. The van der Waals surface area contributed by atoms with E-state index in [-0.39, 0.29) is 18.9 Å². The fraction of sp³-hybridized carbons (Fsp3) is 0.357. The van der Waals surface area contributed by atoms with E-state index >= 15 is 0 Å². The van der Waals surface area contributed by atoms with E-state index in [9.17, 15) is 14.4 Å². The third-order valence-electron chi connectivity index (χ3n) is 3.20. The Bertz CT molecular complexity index is 532. The molecule has 0 aromatic heterocycles. The number of carboxylic acid groups (broad SMARTS) is 1. The van der Waals surface area contributed by atoms with Gasteiger partial charge < -0.3 is 20.6 Å². The molecule has 0 spiro atoms. The monoisotopic (exact) mass is 291 g/mol. The maximum Gasteiger partial charge on any atom is 0.318 e. The first-order valence-corrected chi connectivity index (χ1v) is 6.68. The smallest absolute Gasteiger partial charge is 0.318 e. The van der Waals surface area contributed by atoms with Crippen LogP contribution in [0.15, 0.2) is 30.3 Å². The molecule has 0 aliphatic carbocycles. The fourth-order valence-corrected chi connectivity index (χ4v) is 2.23. The van der Waals surface area contributed by atoms with Crippen LogP contribution in [0.3, 0.4) is 0 Å². The molecule has 112 valence electrons. The largest absolute Gasteiger partial charge is 0.481 e. The van der Waals surface area contributed by atoms with E-state index in [0.29, 0.717) is 13.1 Å². The molecule has 1 unspecified atom stereocenters. The van der Waals surface area contributed by atoms with Crippen molar-refractivity contribution in [1.29, 1.82) is 0 Å². The lowest BCUT2D eigenvalue weighted by atomic mass is 10.0. The zero-order chi connectivity index (χ0) is 15.2. The number of nitrogens with zero attached hydrogens (tertiary/aromatic N) is 1. The minimum absolute atomic E-state index is 0.0355. The van der Waals surface area contributed by atoms with Gasteiger partial charge in [-0.25, -0.2) is 4.79 Å². The van der Waals surface area contributed by atoms with Crippen LogP contribution >= 0.6 is 0 Å². The van der Waals surface area contributed by atoms with Gasteiger partial charge in [-0.1, -0.05) is 30.3 Å². The van der Waals surface area contributed by atoms with Crippen molar-refractivity contribution in [2.75, 3.05) is 19.6 Å². The van der Waals surface area contributed by atoms with Crippen molar-refractivity contribution in [2.24, 2.45) is 0 Å². The standard InChI is InChI=1S/C14H17N3O4/c18-11(19)6-7-16-14(21)17-9-8-15-13(20)12(17)10-4-2-1-3-5-10/h1-5,12H,6-9H2,(H,15,20)(H,16,21)(H,18,19). The number of nitrogens with one attached hydrogen (secondary N) is 2. The molecule has 0 saturated carbocycles. The molecule has 0 bridgehead atoms. The van der Waals surface area contributed by atoms with Gasteiger partial charge in [0.25, 0.3) is 0 Å². The molecular weight excluding hydrogens is 274 g/mol. The van der Waals surface area contributed by atoms with E-state index in [0.717, 1.165) is 5.56 Å². The molecule has 1 aliphatic rings. The highest BCUT2D eigenvalue weighted by Crippen LogP contribution is 2.22. The minimum Gasteiger partial charge on any atom is -0.481 e. The summed E-state index contributed by atoms with van der Waals surface area (Å²) in [6.07, 6.45) is -0.151. The quantitative estimate of drug-likeness (QED) is 0.745. The van der Waals surface area contributed by atoms with E-state index in [4.69, 9.17) is 5.11 Å². The third-order valence-corrected chi connectivity index (χ3v) is 3.20. The molecule has 3 N–H and O–H groups in total. The van der Waals surface area contributed by atoms with E-state index in [1.54, 1.807) is 24.3 Å². The first-order chi connectivity index (χ1) is 10.1. The van der Waals surface area contributed by atoms with Crippen LogP contribution in [-0.4, -0.2) is 47.5 Å². The zero-order valence-corrected chi connectivity index (χ0v) is 11.4. The fourth-order valence-electron chi connectivity index (χ4n) is 2.23. The van der Waals surface area contributed by atoms with Crippen molar-refractivity contribution in [3.63, 3.8) is 0 Å². The normalized spacial score (nSPS) is 18.0. The summed E-state index contributed by atoms with van der Waals surface area (Å²) in [5, 5.41) is 13.8. The Morgan fingerprint density at radius 3 is 2.71 bits per heavy atom. The average molecular weight is 291 g/mol. The van der Waals surface area contributed by atoms with E-state index in [2.05, 4.69) is 10.6 Å². The number of hydrogen-bond donors (Lipinski definition) is 3. The van der Waals surface area contributed by atoms with Gasteiger partial charge in [-0.2, -0.15) is 0 Å². The van der Waals surface area contributed by atoms with E-state index in [1.807, 2.05) is 6.07 Å². The molecule has 2 rings (SSSR count). The molecule has 21 heavy (non-hydrogen) atoms. The molecule has 1 aromatic carbocycles. The summed E-state index contributed by atoms with van der Waals surface area (Å²) in [5.74, 6) is -1.22. The van der Waals surface area contributed by atoms with Crippen LogP contribution in [0.2, 0.25) is 0 Å². The summed E-state index contributed by atoms with van der Waals surface area (Å²) in [4.78, 5) is 36.1. The van der Waals surface area contributed by atoms with Gasteiger partial charge in [-0.15, -0.1) is 0 Å². The highest BCUT2D eigenvalue weighted by atomic mass is 16.4. The number of urea groups is 1. The number of carbonyl (C=O) groups excluding carboxylic acids is 2. The molecule has 7 heteroatoms. The maximum absolute atomic E-state index is 12.2. The van der Waals surface area contributed by atoms with Gasteiger partial charge in [-0.05, 0) is 5.56 Å². The second-order valence-electron chi connectivity index (χ2n) is 4.67. The molecule has 1 atom stereocenters. The highest BCUT2D eigenvalue weighted by molar-refractivity contribution is 5.89. The number of piperazine rings is 1. The first kappa shape index (κ1) is 14.8. The first-order valence-electron chi connectivity index (χ1n) is 6.68. The summed E-state index contributed by atoms with van der Waals surface area (Å²) in [6.45, 7) is 0.798. The number of carboxylic acids is 1. The van der Waals surface area contributed by atoms with Gasteiger partial charge in [0, 0.05) is 19.6 Å². The molecule has 1 heterocycles. The Morgan fingerprint density at radius 1 is 1.33 bits per heavy atom. The van der Waals surface area contributed by atoms with Crippen LogP contribution in [0.1, 0.15) is 18.0 Å². The molecule has 1 aliphatic heterocycles. The number of benzene rings is 1. The number of rotatable bonds is 4. The predicted octanol–water partition coefficient (Wildman–Crippen LogP) is 0.344. The summed E-state index contributed by atoms with van der Waals surface area (Å²) in [6, 6.07) is 7.89. The van der Waals surface area contributed by atoms with Crippen LogP contribution in [0.25, 0.3) is 0 Å². The lowest BCUT2D eigenvalue weighted by Crippen LogP contribution is -2.55. The molecule has 1 fully saturated rings. The SMILES string of the molecule is O=C(O)CCNC(=O)N1CCNC(=O)C1c1ccccc1. The van der Waals surface area contributed by atoms with Crippen molar-refractivity contribution in [2.45, 2.75) is 12.5 Å². The summed E-state index contributed by atoms with van der Waals surface area (Å²) >= 11 is 0. The minimum atomic E-state index is -0.980. The van der Waals surface area contributed by atoms with Crippen molar-refractivity contribution < 1.29 is 19.5 Å². The lowest BCUT2D eigenvalue weighted by molar-refractivity contribution is -0.137. The Morgan fingerprint density at radius 2 is 2.05 bits per heavy atom. The molecular formula is C14H17N3O4. The van der Waals surface area contributed by atoms with Gasteiger partial charge in [0.2, 0.25) is 5.91 Å². The molecule has 0 radical (unpaired) electrons. The van der Waals surface area contributed by atoms with Crippen LogP contribution in [0.4, 0.5) is 4.79 Å². The van der Waals surface area contributed by atoms with Gasteiger partial charge in [0.05, 0.1) is 6.42 Å².